The molecule has 4 amide bonds. The molecule has 2 aliphatic rings. The number of nitrogens with two attached hydrogens (primary N) is 1. The molecule has 1 saturated heterocycles. The summed E-state index contributed by atoms with van der Waals surface area (Å²) in [5.41, 5.74) is 7.38. The maximum atomic E-state index is 13.9. The van der Waals surface area contributed by atoms with Crippen LogP contribution in [0.1, 0.15) is 40.5 Å². The van der Waals surface area contributed by atoms with Crippen molar-refractivity contribution in [2.45, 2.75) is 31.5 Å². The number of hydrogen-bond acceptors (Lipinski definition) is 6. The van der Waals surface area contributed by atoms with E-state index in [0.717, 1.165) is 6.07 Å². The zero-order chi connectivity index (χ0) is 28.4. The Kier molecular flexibility index (Phi) is 7.68. The van der Waals surface area contributed by atoms with Gasteiger partial charge in [-0.25, -0.2) is 9.18 Å². The number of ether oxygens (including phenoxy) is 1. The number of benzene rings is 2. The van der Waals surface area contributed by atoms with Crippen LogP contribution in [0.15, 0.2) is 42.5 Å². The summed E-state index contributed by atoms with van der Waals surface area (Å²) >= 11 is 5.99. The van der Waals surface area contributed by atoms with Crippen molar-refractivity contribution in [2.24, 2.45) is 5.73 Å². The van der Waals surface area contributed by atoms with Crippen molar-refractivity contribution in [1.29, 1.82) is 5.26 Å². The average Bonchev–Trinajstić information content (AvgIpc) is 3.35. The van der Waals surface area contributed by atoms with Gasteiger partial charge in [-0.2, -0.15) is 10.4 Å². The number of carbonyl (C=O) groups is 3. The molecule has 2 aromatic carbocycles. The number of halogens is 2. The Bertz CT molecular complexity index is 1510. The van der Waals surface area contributed by atoms with Gasteiger partial charge in [0.15, 0.2) is 0 Å². The number of rotatable bonds is 5. The lowest BCUT2D eigenvalue weighted by Crippen LogP contribution is -2.50. The Morgan fingerprint density at radius 1 is 1.15 bits per heavy atom. The molecule has 3 aromatic rings. The van der Waals surface area contributed by atoms with Crippen LogP contribution in [0.25, 0.3) is 11.3 Å². The van der Waals surface area contributed by atoms with Crippen molar-refractivity contribution in [3.63, 3.8) is 0 Å². The minimum Gasteiger partial charge on any atom is -0.381 e. The van der Waals surface area contributed by atoms with Crippen LogP contribution in [0.5, 0.6) is 0 Å². The van der Waals surface area contributed by atoms with E-state index in [1.807, 2.05) is 6.07 Å². The highest BCUT2D eigenvalue weighted by atomic mass is 35.5. The van der Waals surface area contributed by atoms with Crippen molar-refractivity contribution < 1.29 is 23.5 Å². The molecule has 0 spiro atoms. The second kappa shape index (κ2) is 11.3. The first kappa shape index (κ1) is 27.1. The summed E-state index contributed by atoms with van der Waals surface area (Å²) in [5.74, 6) is -1.85. The van der Waals surface area contributed by atoms with Crippen LogP contribution in [0.3, 0.4) is 0 Å². The van der Waals surface area contributed by atoms with Gasteiger partial charge in [-0.15, -0.1) is 0 Å². The monoisotopic (exact) mass is 565 g/mol. The van der Waals surface area contributed by atoms with Crippen LogP contribution in [0, 0.1) is 17.1 Å². The number of hydrogen-bond donors (Lipinski definition) is 3. The number of fused-ring (bicyclic) bond motifs is 1. The van der Waals surface area contributed by atoms with E-state index in [9.17, 15) is 18.8 Å². The summed E-state index contributed by atoms with van der Waals surface area (Å²) in [6.07, 6.45) is 1.28. The molecule has 0 saturated carbocycles. The van der Waals surface area contributed by atoms with Crippen LogP contribution in [0.4, 0.5) is 14.9 Å². The largest absolute Gasteiger partial charge is 0.381 e. The Labute approximate surface area is 233 Å². The first-order valence-corrected chi connectivity index (χ1v) is 12.9. The number of primary amides is 1. The Morgan fingerprint density at radius 2 is 1.88 bits per heavy atom. The number of anilines is 1. The molecule has 206 valence electrons. The summed E-state index contributed by atoms with van der Waals surface area (Å²) in [4.78, 5) is 41.0. The van der Waals surface area contributed by atoms with Gasteiger partial charge in [-0.05, 0) is 55.3 Å². The molecule has 1 atom stereocenters. The van der Waals surface area contributed by atoms with Gasteiger partial charge in [0.05, 0.1) is 41.0 Å². The Hall–Kier alpha value is -4.47. The topological polar surface area (TPSA) is 155 Å². The number of urea groups is 1. The van der Waals surface area contributed by atoms with Crippen LogP contribution in [0.2, 0.25) is 5.02 Å². The van der Waals surface area contributed by atoms with E-state index in [1.165, 1.54) is 21.7 Å². The standard InChI is InChI=1S/C27H25ClFN7O4/c28-19-11-16(3-6-20(19)29)24-23(25(31)37)21-13-35(27(39)33-17-4-1-15(12-30)2-5-17)14-22(36(21)34-24)26(38)32-18-7-9-40-10-8-18/h1-6,11,18,22H,7-10,13-14H2,(H2,31,37)(H,32,38)(H,33,39). The second-order valence-corrected chi connectivity index (χ2v) is 9.93. The fraction of sp³-hybridized carbons (Fsp3) is 0.296. The Balaban J connectivity index is 1.52. The molecule has 0 radical (unpaired) electrons. The SMILES string of the molecule is N#Cc1ccc(NC(=O)N2Cc3c(C(N)=O)c(-c4ccc(F)c(Cl)c4)nn3C(C(=O)NC3CCOCC3)C2)cc1. The third-order valence-electron chi connectivity index (χ3n) is 6.90. The normalized spacial score (nSPS) is 17.0. The number of nitrogens with zero attached hydrogens (tertiary/aromatic N) is 4. The summed E-state index contributed by atoms with van der Waals surface area (Å²) in [6.45, 7) is 0.906. The van der Waals surface area contributed by atoms with Crippen LogP contribution >= 0.6 is 11.6 Å². The van der Waals surface area contributed by atoms with Crippen molar-refractivity contribution in [2.75, 3.05) is 25.1 Å². The molecule has 4 N–H and O–H groups in total. The first-order chi connectivity index (χ1) is 19.2. The van der Waals surface area contributed by atoms with Crippen LogP contribution < -0.4 is 16.4 Å². The van der Waals surface area contributed by atoms with E-state index in [0.29, 0.717) is 42.9 Å². The van der Waals surface area contributed by atoms with Gasteiger partial charge in [-0.1, -0.05) is 11.6 Å². The highest BCUT2D eigenvalue weighted by Gasteiger charge is 2.38. The summed E-state index contributed by atoms with van der Waals surface area (Å²) in [6, 6.07) is 10.6. The van der Waals surface area contributed by atoms with E-state index in [-0.39, 0.29) is 47.0 Å². The lowest BCUT2D eigenvalue weighted by molar-refractivity contribution is -0.126. The van der Waals surface area contributed by atoms with Gasteiger partial charge < -0.3 is 26.0 Å². The predicted octanol–water partition coefficient (Wildman–Crippen LogP) is 3.20. The van der Waals surface area contributed by atoms with Gasteiger partial charge in [0, 0.05) is 30.5 Å². The third-order valence-corrected chi connectivity index (χ3v) is 7.19. The Morgan fingerprint density at radius 3 is 2.52 bits per heavy atom. The number of carbonyl (C=O) groups excluding carboxylic acids is 3. The maximum Gasteiger partial charge on any atom is 0.322 e. The van der Waals surface area contributed by atoms with E-state index in [1.54, 1.807) is 24.3 Å². The molecule has 11 nitrogen and oxygen atoms in total. The van der Waals surface area contributed by atoms with Crippen molar-refractivity contribution in [3.05, 3.63) is 70.1 Å². The summed E-state index contributed by atoms with van der Waals surface area (Å²) in [7, 11) is 0. The van der Waals surface area contributed by atoms with Crippen LogP contribution in [-0.4, -0.2) is 58.3 Å². The highest BCUT2D eigenvalue weighted by Crippen LogP contribution is 2.33. The van der Waals surface area contributed by atoms with Crippen molar-refractivity contribution in [3.8, 4) is 17.3 Å². The molecule has 1 unspecified atom stereocenters. The minimum absolute atomic E-state index is 0.00224. The molecule has 1 fully saturated rings. The van der Waals surface area contributed by atoms with Gasteiger partial charge in [0.2, 0.25) is 5.91 Å². The smallest absolute Gasteiger partial charge is 0.322 e. The molecular weight excluding hydrogens is 541 g/mol. The summed E-state index contributed by atoms with van der Waals surface area (Å²) < 4.78 is 20.7. The molecule has 1 aromatic heterocycles. The van der Waals surface area contributed by atoms with E-state index in [4.69, 9.17) is 27.3 Å². The van der Waals surface area contributed by atoms with Crippen LogP contribution in [-0.2, 0) is 16.1 Å². The van der Waals surface area contributed by atoms with E-state index in [2.05, 4.69) is 15.7 Å². The second-order valence-electron chi connectivity index (χ2n) is 9.52. The molecule has 13 heteroatoms. The molecule has 3 heterocycles. The minimum atomic E-state index is -0.985. The maximum absolute atomic E-state index is 13.9. The fourth-order valence-corrected chi connectivity index (χ4v) is 5.01. The third kappa shape index (κ3) is 5.47. The number of aromatic nitrogens is 2. The van der Waals surface area contributed by atoms with Gasteiger partial charge in [0.1, 0.15) is 17.6 Å². The van der Waals surface area contributed by atoms with Crippen molar-refractivity contribution >= 4 is 35.1 Å². The molecular formula is C27H25ClFN7O4. The molecule has 2 aliphatic heterocycles. The van der Waals surface area contributed by atoms with E-state index < -0.39 is 23.8 Å². The lowest BCUT2D eigenvalue weighted by Gasteiger charge is -2.34. The van der Waals surface area contributed by atoms with Gasteiger partial charge >= 0.3 is 6.03 Å². The zero-order valence-electron chi connectivity index (χ0n) is 21.2. The summed E-state index contributed by atoms with van der Waals surface area (Å²) in [5, 5.41) is 19.2. The first-order valence-electron chi connectivity index (χ1n) is 12.6. The number of amides is 4. The van der Waals surface area contributed by atoms with E-state index >= 15 is 0 Å². The molecule has 5 rings (SSSR count). The highest BCUT2D eigenvalue weighted by molar-refractivity contribution is 6.31. The van der Waals surface area contributed by atoms with Gasteiger partial charge in [-0.3, -0.25) is 14.3 Å². The zero-order valence-corrected chi connectivity index (χ0v) is 21.9. The molecule has 0 bridgehead atoms. The van der Waals surface area contributed by atoms with Gasteiger partial charge in [0.25, 0.3) is 5.91 Å². The lowest BCUT2D eigenvalue weighted by atomic mass is 10.0. The molecule has 40 heavy (non-hydrogen) atoms. The average molecular weight is 566 g/mol. The number of nitrogens with one attached hydrogen (secondary N) is 2. The predicted molar refractivity (Wildman–Crippen MR) is 143 cm³/mol. The van der Waals surface area contributed by atoms with Crippen molar-refractivity contribution in [1.82, 2.24) is 20.0 Å². The fourth-order valence-electron chi connectivity index (χ4n) is 4.83. The quantitative estimate of drug-likeness (QED) is 0.431. The number of nitriles is 1. The molecule has 0 aliphatic carbocycles.